The molecule has 1 N–H and O–H groups in total. The van der Waals surface area contributed by atoms with E-state index >= 15 is 0 Å². The number of rotatable bonds is 3. The van der Waals surface area contributed by atoms with Crippen molar-refractivity contribution in [1.82, 2.24) is 9.97 Å². The number of hydrogen-bond acceptors (Lipinski definition) is 3. The lowest BCUT2D eigenvalue weighted by Gasteiger charge is -2.18. The van der Waals surface area contributed by atoms with Gasteiger partial charge in [-0.3, -0.25) is 4.79 Å². The van der Waals surface area contributed by atoms with Crippen LogP contribution < -0.4 is 9.64 Å². The van der Waals surface area contributed by atoms with Crippen molar-refractivity contribution >= 4 is 22.6 Å². The molecule has 0 aliphatic heterocycles. The number of carbonyl (C=O) groups is 1. The average Bonchev–Trinajstić information content (AvgIpc) is 3.00. The van der Waals surface area contributed by atoms with Gasteiger partial charge in [0.25, 0.3) is 5.91 Å². The Morgan fingerprint density at radius 1 is 1.24 bits per heavy atom. The van der Waals surface area contributed by atoms with E-state index in [1.807, 2.05) is 30.3 Å². The molecule has 0 unspecified atom stereocenters. The summed E-state index contributed by atoms with van der Waals surface area (Å²) in [5, 5.41) is 0. The van der Waals surface area contributed by atoms with Crippen LogP contribution in [-0.4, -0.2) is 30.0 Å². The monoisotopic (exact) mass is 281 g/mol. The molecule has 5 heteroatoms. The first kappa shape index (κ1) is 13.2. The first-order valence-electron chi connectivity index (χ1n) is 6.55. The Kier molecular flexibility index (Phi) is 3.31. The summed E-state index contributed by atoms with van der Waals surface area (Å²) >= 11 is 0. The molecule has 0 bridgehead atoms. The molecular weight excluding hydrogens is 266 g/mol. The fraction of sp³-hybridized carbons (Fsp3) is 0.125. The highest BCUT2D eigenvalue weighted by atomic mass is 16.5. The molecule has 21 heavy (non-hydrogen) atoms. The van der Waals surface area contributed by atoms with E-state index in [1.54, 1.807) is 37.5 Å². The van der Waals surface area contributed by atoms with E-state index in [4.69, 9.17) is 4.74 Å². The summed E-state index contributed by atoms with van der Waals surface area (Å²) in [7, 11) is 3.30. The van der Waals surface area contributed by atoms with E-state index in [0.717, 1.165) is 16.7 Å². The number of para-hydroxylation sites is 1. The van der Waals surface area contributed by atoms with Crippen LogP contribution in [0.3, 0.4) is 0 Å². The molecule has 5 nitrogen and oxygen atoms in total. The third-order valence-corrected chi connectivity index (χ3v) is 3.43. The number of aromatic nitrogens is 2. The van der Waals surface area contributed by atoms with Gasteiger partial charge in [0.1, 0.15) is 5.75 Å². The highest BCUT2D eigenvalue weighted by Crippen LogP contribution is 2.24. The van der Waals surface area contributed by atoms with Crippen LogP contribution in [0.4, 0.5) is 5.69 Å². The van der Waals surface area contributed by atoms with Crippen molar-refractivity contribution in [2.45, 2.75) is 0 Å². The summed E-state index contributed by atoms with van der Waals surface area (Å²) in [6, 6.07) is 12.8. The lowest BCUT2D eigenvalue weighted by molar-refractivity contribution is 0.0990. The predicted octanol–water partition coefficient (Wildman–Crippen LogP) is 2.85. The molecule has 1 heterocycles. The summed E-state index contributed by atoms with van der Waals surface area (Å²) in [6.07, 6.45) is 1.64. The van der Waals surface area contributed by atoms with E-state index in [1.165, 1.54) is 0 Å². The van der Waals surface area contributed by atoms with Crippen molar-refractivity contribution < 1.29 is 9.53 Å². The van der Waals surface area contributed by atoms with E-state index in [0.29, 0.717) is 11.3 Å². The third kappa shape index (κ3) is 2.33. The van der Waals surface area contributed by atoms with Crippen molar-refractivity contribution in [2.75, 3.05) is 19.1 Å². The number of methoxy groups -OCH3 is 1. The molecule has 3 aromatic rings. The van der Waals surface area contributed by atoms with Gasteiger partial charge in [-0.15, -0.1) is 0 Å². The van der Waals surface area contributed by atoms with E-state index in [-0.39, 0.29) is 5.91 Å². The van der Waals surface area contributed by atoms with Gasteiger partial charge >= 0.3 is 0 Å². The fourth-order valence-corrected chi connectivity index (χ4v) is 2.25. The second kappa shape index (κ2) is 5.28. The van der Waals surface area contributed by atoms with Gasteiger partial charge < -0.3 is 14.6 Å². The average molecular weight is 281 g/mol. The summed E-state index contributed by atoms with van der Waals surface area (Å²) in [4.78, 5) is 21.4. The molecule has 0 fully saturated rings. The number of nitrogens with zero attached hydrogens (tertiary/aromatic N) is 2. The first-order chi connectivity index (χ1) is 10.2. The Hall–Kier alpha value is -2.82. The van der Waals surface area contributed by atoms with Gasteiger partial charge in [0.15, 0.2) is 0 Å². The number of nitrogens with one attached hydrogen (secondary N) is 1. The van der Waals surface area contributed by atoms with Crippen molar-refractivity contribution in [3.63, 3.8) is 0 Å². The molecule has 2 aromatic carbocycles. The quantitative estimate of drug-likeness (QED) is 0.803. The Labute approximate surface area is 122 Å². The zero-order valence-corrected chi connectivity index (χ0v) is 11.8. The normalized spacial score (nSPS) is 10.6. The van der Waals surface area contributed by atoms with Crippen molar-refractivity contribution in [1.29, 1.82) is 0 Å². The topological polar surface area (TPSA) is 58.2 Å². The maximum absolute atomic E-state index is 12.6. The standard InChI is InChI=1S/C16H15N3O2/c1-19(11-7-8-13-14(9-11)18-10-17-13)16(20)12-5-3-4-6-15(12)21-2/h3-10H,1-2H3,(H,17,18). The molecule has 1 aromatic heterocycles. The number of benzene rings is 2. The SMILES string of the molecule is COc1ccccc1C(=O)N(C)c1ccc2nc[nH]c2c1. The summed E-state index contributed by atoms with van der Waals surface area (Å²) in [6.45, 7) is 0. The minimum Gasteiger partial charge on any atom is -0.496 e. The number of imidazole rings is 1. The molecule has 0 aliphatic rings. The number of H-pyrrole nitrogens is 1. The molecule has 0 aliphatic carbocycles. The molecule has 0 saturated carbocycles. The van der Waals surface area contributed by atoms with E-state index < -0.39 is 0 Å². The molecule has 1 amide bonds. The summed E-state index contributed by atoms with van der Waals surface area (Å²) in [5.41, 5.74) is 3.10. The Balaban J connectivity index is 1.96. The zero-order valence-electron chi connectivity index (χ0n) is 11.8. The largest absolute Gasteiger partial charge is 0.496 e. The maximum Gasteiger partial charge on any atom is 0.261 e. The van der Waals surface area contributed by atoms with Gasteiger partial charge in [0, 0.05) is 12.7 Å². The highest BCUT2D eigenvalue weighted by Gasteiger charge is 2.17. The molecule has 106 valence electrons. The first-order valence-corrected chi connectivity index (χ1v) is 6.55. The second-order valence-corrected chi connectivity index (χ2v) is 4.67. The summed E-state index contributed by atoms with van der Waals surface area (Å²) in [5.74, 6) is 0.447. The van der Waals surface area contributed by atoms with Gasteiger partial charge in [-0.05, 0) is 30.3 Å². The number of fused-ring (bicyclic) bond motifs is 1. The number of hydrogen-bond donors (Lipinski definition) is 1. The number of anilines is 1. The van der Waals surface area contributed by atoms with E-state index in [9.17, 15) is 4.79 Å². The van der Waals surface area contributed by atoms with Crippen LogP contribution >= 0.6 is 0 Å². The minimum atomic E-state index is -0.119. The third-order valence-electron chi connectivity index (χ3n) is 3.43. The minimum absolute atomic E-state index is 0.119. The number of aromatic amines is 1. The molecule has 0 spiro atoms. The molecule has 0 saturated heterocycles. The van der Waals surface area contributed by atoms with Crippen LogP contribution in [0.1, 0.15) is 10.4 Å². The van der Waals surface area contributed by atoms with Gasteiger partial charge in [0.2, 0.25) is 0 Å². The predicted molar refractivity (Wildman–Crippen MR) is 81.8 cm³/mol. The molecular formula is C16H15N3O2. The van der Waals surface area contributed by atoms with Crippen molar-refractivity contribution in [2.24, 2.45) is 0 Å². The van der Waals surface area contributed by atoms with Gasteiger partial charge in [0.05, 0.1) is 30.0 Å². The Morgan fingerprint density at radius 2 is 2.05 bits per heavy atom. The van der Waals surface area contributed by atoms with Gasteiger partial charge in [-0.25, -0.2) is 4.98 Å². The Morgan fingerprint density at radius 3 is 2.86 bits per heavy atom. The lowest BCUT2D eigenvalue weighted by Crippen LogP contribution is -2.26. The number of carbonyl (C=O) groups excluding carboxylic acids is 1. The van der Waals surface area contributed by atoms with Gasteiger partial charge in [-0.1, -0.05) is 12.1 Å². The fourth-order valence-electron chi connectivity index (χ4n) is 2.25. The van der Waals surface area contributed by atoms with Crippen LogP contribution in [0.25, 0.3) is 11.0 Å². The smallest absolute Gasteiger partial charge is 0.261 e. The number of ether oxygens (including phenoxy) is 1. The zero-order chi connectivity index (χ0) is 14.8. The maximum atomic E-state index is 12.6. The van der Waals surface area contributed by atoms with Crippen LogP contribution in [-0.2, 0) is 0 Å². The van der Waals surface area contributed by atoms with Gasteiger partial charge in [-0.2, -0.15) is 0 Å². The van der Waals surface area contributed by atoms with Crippen molar-refractivity contribution in [3.8, 4) is 5.75 Å². The lowest BCUT2D eigenvalue weighted by atomic mass is 10.1. The van der Waals surface area contributed by atoms with Crippen LogP contribution in [0.15, 0.2) is 48.8 Å². The second-order valence-electron chi connectivity index (χ2n) is 4.67. The van der Waals surface area contributed by atoms with Crippen LogP contribution in [0, 0.1) is 0 Å². The van der Waals surface area contributed by atoms with Crippen molar-refractivity contribution in [3.05, 3.63) is 54.4 Å². The highest BCUT2D eigenvalue weighted by molar-refractivity contribution is 6.08. The van der Waals surface area contributed by atoms with Crippen LogP contribution in [0.5, 0.6) is 5.75 Å². The molecule has 3 rings (SSSR count). The summed E-state index contributed by atoms with van der Waals surface area (Å²) < 4.78 is 5.25. The molecule has 0 radical (unpaired) electrons. The number of amides is 1. The van der Waals surface area contributed by atoms with Crippen LogP contribution in [0.2, 0.25) is 0 Å². The van der Waals surface area contributed by atoms with E-state index in [2.05, 4.69) is 9.97 Å². The Bertz CT molecular complexity index is 795. The molecule has 0 atom stereocenters.